The van der Waals surface area contributed by atoms with Crippen LogP contribution >= 0.6 is 0 Å². The van der Waals surface area contributed by atoms with E-state index in [2.05, 4.69) is 36.4 Å². The molecular formula is C11H14N2. The first-order valence-electron chi connectivity index (χ1n) is 4.50. The summed E-state index contributed by atoms with van der Waals surface area (Å²) in [4.78, 5) is 4.37. The summed E-state index contributed by atoms with van der Waals surface area (Å²) in [7, 11) is 0. The monoisotopic (exact) mass is 174 g/mol. The van der Waals surface area contributed by atoms with Crippen LogP contribution in [0.15, 0.2) is 30.7 Å². The molecule has 2 rings (SSSR count). The van der Waals surface area contributed by atoms with Crippen LogP contribution in [-0.4, -0.2) is 9.38 Å². The lowest BCUT2D eigenvalue weighted by Crippen LogP contribution is -2.12. The van der Waals surface area contributed by atoms with Crippen molar-refractivity contribution >= 4 is 5.65 Å². The Morgan fingerprint density at radius 3 is 2.77 bits per heavy atom. The fourth-order valence-electron chi connectivity index (χ4n) is 1.31. The van der Waals surface area contributed by atoms with Crippen molar-refractivity contribution in [2.24, 2.45) is 0 Å². The lowest BCUT2D eigenvalue weighted by atomic mass is 9.89. The molecule has 13 heavy (non-hydrogen) atoms. The largest absolute Gasteiger partial charge is 0.308 e. The molecule has 0 bridgehead atoms. The minimum absolute atomic E-state index is 0.172. The lowest BCUT2D eigenvalue weighted by Gasteiger charge is -2.18. The highest BCUT2D eigenvalue weighted by Gasteiger charge is 2.14. The molecule has 0 spiro atoms. The van der Waals surface area contributed by atoms with E-state index in [1.807, 2.05) is 24.5 Å². The zero-order valence-electron chi connectivity index (χ0n) is 8.28. The average Bonchev–Trinajstić information content (AvgIpc) is 2.47. The number of nitrogens with zero attached hydrogens (tertiary/aromatic N) is 2. The number of aromatic nitrogens is 2. The average molecular weight is 174 g/mol. The molecule has 68 valence electrons. The van der Waals surface area contributed by atoms with E-state index in [0.717, 1.165) is 5.65 Å². The number of rotatable bonds is 0. The summed E-state index contributed by atoms with van der Waals surface area (Å²) in [6.07, 6.45) is 6.12. The van der Waals surface area contributed by atoms with Crippen molar-refractivity contribution in [2.75, 3.05) is 0 Å². The second-order valence-electron chi connectivity index (χ2n) is 4.37. The van der Waals surface area contributed by atoms with Gasteiger partial charge in [0.15, 0.2) is 0 Å². The Hall–Kier alpha value is -1.31. The zero-order valence-corrected chi connectivity index (χ0v) is 8.28. The van der Waals surface area contributed by atoms with Gasteiger partial charge in [0.1, 0.15) is 5.65 Å². The maximum absolute atomic E-state index is 4.37. The first-order valence-corrected chi connectivity index (χ1v) is 4.50. The molecule has 0 unspecified atom stereocenters. The van der Waals surface area contributed by atoms with Gasteiger partial charge in [-0.2, -0.15) is 0 Å². The molecular weight excluding hydrogens is 160 g/mol. The Bertz CT molecular complexity index is 421. The minimum atomic E-state index is 0.172. The van der Waals surface area contributed by atoms with Crippen LogP contribution in [0.3, 0.4) is 0 Å². The molecule has 0 aliphatic heterocycles. The van der Waals surface area contributed by atoms with Crippen LogP contribution in [-0.2, 0) is 5.41 Å². The van der Waals surface area contributed by atoms with Gasteiger partial charge in [-0.3, -0.25) is 0 Å². The van der Waals surface area contributed by atoms with E-state index in [4.69, 9.17) is 0 Å². The highest BCUT2D eigenvalue weighted by atomic mass is 15.0. The van der Waals surface area contributed by atoms with Crippen molar-refractivity contribution in [1.29, 1.82) is 0 Å². The highest BCUT2D eigenvalue weighted by Crippen LogP contribution is 2.21. The second-order valence-corrected chi connectivity index (χ2v) is 4.37. The fourth-order valence-corrected chi connectivity index (χ4v) is 1.31. The summed E-state index contributed by atoms with van der Waals surface area (Å²) >= 11 is 0. The van der Waals surface area contributed by atoms with Crippen molar-refractivity contribution in [2.45, 2.75) is 26.2 Å². The third-order valence-electron chi connectivity index (χ3n) is 2.24. The van der Waals surface area contributed by atoms with Gasteiger partial charge in [0.25, 0.3) is 0 Å². The number of fused-ring (bicyclic) bond motifs is 1. The molecule has 0 saturated carbocycles. The number of hydrogen-bond donors (Lipinski definition) is 0. The Morgan fingerprint density at radius 1 is 1.31 bits per heavy atom. The third-order valence-corrected chi connectivity index (χ3v) is 2.24. The van der Waals surface area contributed by atoms with Gasteiger partial charge >= 0.3 is 0 Å². The van der Waals surface area contributed by atoms with E-state index in [9.17, 15) is 0 Å². The number of hydrogen-bond acceptors (Lipinski definition) is 1. The van der Waals surface area contributed by atoms with Gasteiger partial charge in [0, 0.05) is 18.6 Å². The summed E-state index contributed by atoms with van der Waals surface area (Å²) in [5.41, 5.74) is 2.44. The smallest absolute Gasteiger partial charge is 0.136 e. The molecule has 2 aromatic heterocycles. The van der Waals surface area contributed by atoms with Crippen LogP contribution in [0, 0.1) is 0 Å². The van der Waals surface area contributed by atoms with Crippen LogP contribution in [0.4, 0.5) is 0 Å². The van der Waals surface area contributed by atoms with Crippen molar-refractivity contribution in [3.05, 3.63) is 36.3 Å². The third kappa shape index (κ3) is 1.44. The van der Waals surface area contributed by atoms with Gasteiger partial charge in [0.2, 0.25) is 0 Å². The molecule has 0 aliphatic rings. The molecule has 2 nitrogen and oxygen atoms in total. The van der Waals surface area contributed by atoms with E-state index in [1.165, 1.54) is 5.56 Å². The summed E-state index contributed by atoms with van der Waals surface area (Å²) in [5, 5.41) is 0. The molecule has 2 heterocycles. The minimum Gasteiger partial charge on any atom is -0.308 e. The van der Waals surface area contributed by atoms with Crippen LogP contribution in [0.25, 0.3) is 5.65 Å². The topological polar surface area (TPSA) is 17.3 Å². The van der Waals surface area contributed by atoms with E-state index < -0.39 is 0 Å². The highest BCUT2D eigenvalue weighted by molar-refractivity contribution is 5.39. The Kier molecular flexibility index (Phi) is 1.65. The van der Waals surface area contributed by atoms with E-state index in [-0.39, 0.29) is 5.41 Å². The van der Waals surface area contributed by atoms with Crippen molar-refractivity contribution in [1.82, 2.24) is 9.38 Å². The summed E-state index contributed by atoms with van der Waals surface area (Å²) < 4.78 is 2.06. The predicted molar refractivity (Wildman–Crippen MR) is 53.9 cm³/mol. The molecule has 0 N–H and O–H groups in total. The van der Waals surface area contributed by atoms with Crippen LogP contribution in [0.2, 0.25) is 0 Å². The van der Waals surface area contributed by atoms with Gasteiger partial charge in [-0.05, 0) is 23.1 Å². The maximum Gasteiger partial charge on any atom is 0.136 e. The molecule has 2 aromatic rings. The summed E-state index contributed by atoms with van der Waals surface area (Å²) in [5.74, 6) is 0. The van der Waals surface area contributed by atoms with Crippen molar-refractivity contribution < 1.29 is 0 Å². The fraction of sp³-hybridized carbons (Fsp3) is 0.364. The van der Waals surface area contributed by atoms with Crippen molar-refractivity contribution in [3.8, 4) is 0 Å². The van der Waals surface area contributed by atoms with Gasteiger partial charge in [0.05, 0.1) is 0 Å². The van der Waals surface area contributed by atoms with Crippen LogP contribution < -0.4 is 0 Å². The Morgan fingerprint density at radius 2 is 2.08 bits per heavy atom. The van der Waals surface area contributed by atoms with Crippen LogP contribution in [0.1, 0.15) is 26.3 Å². The molecule has 0 aliphatic carbocycles. The summed E-state index contributed by atoms with van der Waals surface area (Å²) in [6, 6.07) is 4.02. The second kappa shape index (κ2) is 2.59. The van der Waals surface area contributed by atoms with Crippen molar-refractivity contribution in [3.63, 3.8) is 0 Å². The van der Waals surface area contributed by atoms with Gasteiger partial charge in [-0.15, -0.1) is 0 Å². The first-order chi connectivity index (χ1) is 6.07. The molecule has 0 atom stereocenters. The molecule has 0 aromatic carbocycles. The molecule has 0 fully saturated rings. The Labute approximate surface area is 78.2 Å². The molecule has 0 amide bonds. The molecule has 2 heteroatoms. The zero-order chi connectivity index (χ0) is 9.47. The normalized spacial score (nSPS) is 12.2. The van der Waals surface area contributed by atoms with Gasteiger partial charge < -0.3 is 4.40 Å². The standard InChI is InChI=1S/C11H14N2/c1-11(2,3)9-7-12-10-5-4-6-13(10)8-9/h4-8H,1-3H3. The van der Waals surface area contributed by atoms with E-state index in [1.54, 1.807) is 0 Å². The first kappa shape index (κ1) is 8.30. The predicted octanol–water partition coefficient (Wildman–Crippen LogP) is 2.63. The summed E-state index contributed by atoms with van der Waals surface area (Å²) in [6.45, 7) is 6.58. The van der Waals surface area contributed by atoms with E-state index in [0.29, 0.717) is 0 Å². The van der Waals surface area contributed by atoms with E-state index >= 15 is 0 Å². The maximum atomic E-state index is 4.37. The van der Waals surface area contributed by atoms with Gasteiger partial charge in [-0.25, -0.2) is 4.98 Å². The quantitative estimate of drug-likeness (QED) is 0.600. The Balaban J connectivity index is 2.61. The molecule has 0 saturated heterocycles. The lowest BCUT2D eigenvalue weighted by molar-refractivity contribution is 0.583. The SMILES string of the molecule is CC(C)(C)c1cnc2cccn2c1. The van der Waals surface area contributed by atoms with Gasteiger partial charge in [-0.1, -0.05) is 20.8 Å². The molecule has 0 radical (unpaired) electrons. The van der Waals surface area contributed by atoms with Crippen LogP contribution in [0.5, 0.6) is 0 Å².